The van der Waals surface area contributed by atoms with E-state index >= 15 is 0 Å². The molecule has 2 atom stereocenters. The number of thiophene rings is 1. The summed E-state index contributed by atoms with van der Waals surface area (Å²) >= 11 is 1.59. The summed E-state index contributed by atoms with van der Waals surface area (Å²) in [6, 6.07) is -0.122. The van der Waals surface area contributed by atoms with E-state index < -0.39 is 6.10 Å². The van der Waals surface area contributed by atoms with Crippen molar-refractivity contribution in [3.05, 3.63) is 16.0 Å². The minimum absolute atomic E-state index is 0.0272. The normalized spacial score (nSPS) is 23.2. The minimum Gasteiger partial charge on any atom is -0.395 e. The van der Waals surface area contributed by atoms with Crippen LogP contribution in [-0.2, 0) is 4.79 Å². The van der Waals surface area contributed by atoms with Crippen LogP contribution in [0.25, 0.3) is 0 Å². The van der Waals surface area contributed by atoms with Gasteiger partial charge in [-0.1, -0.05) is 0 Å². The number of nitrogens with zero attached hydrogens (tertiary/aromatic N) is 1. The molecule has 20 heavy (non-hydrogen) atoms. The molecule has 0 aromatic carbocycles. The number of anilines is 1. The molecule has 1 aromatic heterocycles. The highest BCUT2D eigenvalue weighted by Gasteiger charge is 2.31. The predicted octanol–water partition coefficient (Wildman–Crippen LogP) is 1.04. The Hall–Kier alpha value is -0.950. The lowest BCUT2D eigenvalue weighted by molar-refractivity contribution is -0.117. The number of carbonyl (C=O) groups excluding carboxylic acids is 1. The molecule has 0 unspecified atom stereocenters. The van der Waals surface area contributed by atoms with Gasteiger partial charge in [-0.05, 0) is 38.3 Å². The van der Waals surface area contributed by atoms with E-state index in [1.807, 2.05) is 18.7 Å². The van der Waals surface area contributed by atoms with Crippen LogP contribution in [0.15, 0.2) is 0 Å². The molecule has 5 nitrogen and oxygen atoms in total. The Labute approximate surface area is 123 Å². The fraction of sp³-hybridized carbons (Fsp3) is 0.643. The van der Waals surface area contributed by atoms with Crippen molar-refractivity contribution in [3.63, 3.8) is 0 Å². The van der Waals surface area contributed by atoms with Crippen molar-refractivity contribution in [2.24, 2.45) is 0 Å². The first-order chi connectivity index (χ1) is 9.42. The molecular formula is C14H22N2O3S. The van der Waals surface area contributed by atoms with E-state index in [9.17, 15) is 15.0 Å². The highest BCUT2D eigenvalue weighted by Crippen LogP contribution is 2.31. The lowest BCUT2D eigenvalue weighted by atomic mass is 10.2. The predicted molar refractivity (Wildman–Crippen MR) is 80.2 cm³/mol. The summed E-state index contributed by atoms with van der Waals surface area (Å²) in [6.45, 7) is 6.72. The van der Waals surface area contributed by atoms with E-state index in [-0.39, 0.29) is 25.1 Å². The third kappa shape index (κ3) is 3.20. The van der Waals surface area contributed by atoms with Gasteiger partial charge < -0.3 is 15.5 Å². The Balaban J connectivity index is 1.97. The molecule has 0 aliphatic carbocycles. The average molecular weight is 298 g/mol. The van der Waals surface area contributed by atoms with E-state index in [0.717, 1.165) is 10.6 Å². The van der Waals surface area contributed by atoms with Crippen LogP contribution in [-0.4, -0.2) is 52.9 Å². The Morgan fingerprint density at radius 1 is 1.40 bits per heavy atom. The van der Waals surface area contributed by atoms with Crippen molar-refractivity contribution in [3.8, 4) is 0 Å². The van der Waals surface area contributed by atoms with Crippen molar-refractivity contribution < 1.29 is 15.0 Å². The van der Waals surface area contributed by atoms with Crippen LogP contribution >= 0.6 is 11.3 Å². The number of aryl methyl sites for hydroxylation is 1. The van der Waals surface area contributed by atoms with E-state index in [2.05, 4.69) is 12.2 Å². The summed E-state index contributed by atoms with van der Waals surface area (Å²) in [6.07, 6.45) is 0.0768. The monoisotopic (exact) mass is 298 g/mol. The topological polar surface area (TPSA) is 72.8 Å². The average Bonchev–Trinajstić information content (AvgIpc) is 2.85. The number of carbonyl (C=O) groups is 1. The largest absolute Gasteiger partial charge is 0.395 e. The Morgan fingerprint density at radius 2 is 2.10 bits per heavy atom. The van der Waals surface area contributed by atoms with Crippen LogP contribution in [0.2, 0.25) is 0 Å². The molecule has 2 heterocycles. The minimum atomic E-state index is -0.451. The first-order valence-corrected chi connectivity index (χ1v) is 7.63. The summed E-state index contributed by atoms with van der Waals surface area (Å²) in [5.74, 6) is -0.0955. The molecule has 1 fully saturated rings. The molecule has 6 heteroatoms. The lowest BCUT2D eigenvalue weighted by Crippen LogP contribution is -2.38. The SMILES string of the molecule is Cc1sc(NC(=O)CN2C[C@@H](O)C[C@H]2CO)c(C)c1C. The highest BCUT2D eigenvalue weighted by molar-refractivity contribution is 7.16. The lowest BCUT2D eigenvalue weighted by Gasteiger charge is -2.21. The number of likely N-dealkylation sites (tertiary alicyclic amines) is 1. The smallest absolute Gasteiger partial charge is 0.239 e. The standard InChI is InChI=1S/C14H22N2O3S/c1-8-9(2)14(20-10(8)3)15-13(19)6-16-5-12(18)4-11(16)7-17/h11-12,17-18H,4-7H2,1-3H3,(H,15,19)/t11-,12-/m0/s1. The number of rotatable bonds is 4. The van der Waals surface area contributed by atoms with Gasteiger partial charge in [0.2, 0.25) is 5.91 Å². The summed E-state index contributed by atoms with van der Waals surface area (Å²) < 4.78 is 0. The Morgan fingerprint density at radius 3 is 2.65 bits per heavy atom. The number of nitrogens with one attached hydrogen (secondary N) is 1. The van der Waals surface area contributed by atoms with Crippen LogP contribution < -0.4 is 5.32 Å². The summed E-state index contributed by atoms with van der Waals surface area (Å²) in [5.41, 5.74) is 2.33. The number of amides is 1. The third-order valence-electron chi connectivity index (χ3n) is 4.00. The Bertz CT molecular complexity index is 501. The maximum Gasteiger partial charge on any atom is 0.239 e. The molecular weight excluding hydrogens is 276 g/mol. The van der Waals surface area contributed by atoms with Crippen molar-refractivity contribution in [2.45, 2.75) is 39.3 Å². The molecule has 112 valence electrons. The first-order valence-electron chi connectivity index (χ1n) is 6.81. The zero-order valence-corrected chi connectivity index (χ0v) is 13.0. The number of hydrogen-bond acceptors (Lipinski definition) is 5. The molecule has 2 rings (SSSR count). The second kappa shape index (κ2) is 6.22. The molecule has 0 radical (unpaired) electrons. The van der Waals surface area contributed by atoms with Crippen LogP contribution in [0, 0.1) is 20.8 Å². The maximum atomic E-state index is 12.1. The van der Waals surface area contributed by atoms with E-state index in [1.165, 1.54) is 10.4 Å². The van der Waals surface area contributed by atoms with Crippen LogP contribution in [0.5, 0.6) is 0 Å². The van der Waals surface area contributed by atoms with Gasteiger partial charge in [-0.3, -0.25) is 9.69 Å². The van der Waals surface area contributed by atoms with E-state index in [0.29, 0.717) is 13.0 Å². The van der Waals surface area contributed by atoms with Gasteiger partial charge >= 0.3 is 0 Å². The van der Waals surface area contributed by atoms with Crippen molar-refractivity contribution in [1.29, 1.82) is 0 Å². The number of aliphatic hydroxyl groups is 2. The second-order valence-corrected chi connectivity index (χ2v) is 6.67. The third-order valence-corrected chi connectivity index (χ3v) is 5.23. The fourth-order valence-corrected chi connectivity index (χ4v) is 3.63. The van der Waals surface area contributed by atoms with Gasteiger partial charge in [-0.2, -0.15) is 0 Å². The van der Waals surface area contributed by atoms with Gasteiger partial charge in [-0.15, -0.1) is 11.3 Å². The van der Waals surface area contributed by atoms with Crippen molar-refractivity contribution in [2.75, 3.05) is 25.0 Å². The van der Waals surface area contributed by atoms with Crippen molar-refractivity contribution in [1.82, 2.24) is 4.90 Å². The number of aliphatic hydroxyl groups excluding tert-OH is 2. The molecule has 0 spiro atoms. The molecule has 1 saturated heterocycles. The molecule has 3 N–H and O–H groups in total. The van der Waals surface area contributed by atoms with Crippen LogP contribution in [0.3, 0.4) is 0 Å². The number of β-amino-alcohol motifs (C(OH)–C–C–N with tert-alkyl or cyclic N) is 1. The first kappa shape index (κ1) is 15.4. The summed E-state index contributed by atoms with van der Waals surface area (Å²) in [7, 11) is 0. The summed E-state index contributed by atoms with van der Waals surface area (Å²) in [5, 5.41) is 22.7. The maximum absolute atomic E-state index is 12.1. The van der Waals surface area contributed by atoms with E-state index in [1.54, 1.807) is 11.3 Å². The van der Waals surface area contributed by atoms with E-state index in [4.69, 9.17) is 0 Å². The van der Waals surface area contributed by atoms with Crippen LogP contribution in [0.1, 0.15) is 22.4 Å². The van der Waals surface area contributed by atoms with Gasteiger partial charge in [0.05, 0.1) is 24.3 Å². The van der Waals surface area contributed by atoms with Gasteiger partial charge in [-0.25, -0.2) is 0 Å². The van der Waals surface area contributed by atoms with Gasteiger partial charge in [0.25, 0.3) is 0 Å². The quantitative estimate of drug-likeness (QED) is 0.776. The molecule has 1 amide bonds. The molecule has 1 aliphatic heterocycles. The van der Waals surface area contributed by atoms with Crippen molar-refractivity contribution >= 4 is 22.2 Å². The fourth-order valence-electron chi connectivity index (χ4n) is 2.55. The highest BCUT2D eigenvalue weighted by atomic mass is 32.1. The second-order valence-electron chi connectivity index (χ2n) is 5.44. The van der Waals surface area contributed by atoms with Gasteiger partial charge in [0, 0.05) is 17.5 Å². The molecule has 1 aromatic rings. The van der Waals surface area contributed by atoms with Crippen LogP contribution in [0.4, 0.5) is 5.00 Å². The zero-order valence-electron chi connectivity index (χ0n) is 12.1. The molecule has 1 aliphatic rings. The Kier molecular flexibility index (Phi) is 4.80. The summed E-state index contributed by atoms with van der Waals surface area (Å²) in [4.78, 5) is 15.1. The molecule has 0 bridgehead atoms. The molecule has 0 saturated carbocycles. The zero-order chi connectivity index (χ0) is 14.9. The number of hydrogen-bond donors (Lipinski definition) is 3. The van der Waals surface area contributed by atoms with Gasteiger partial charge in [0.15, 0.2) is 0 Å². The van der Waals surface area contributed by atoms with Gasteiger partial charge in [0.1, 0.15) is 0 Å².